The third-order valence-electron chi connectivity index (χ3n) is 3.44. The number of aromatic nitrogens is 1. The maximum absolute atomic E-state index is 14.4. The largest absolute Gasteiger partial charge is 0.379 e. The van der Waals surface area contributed by atoms with Gasteiger partial charge in [0.1, 0.15) is 0 Å². The second-order valence-electron chi connectivity index (χ2n) is 5.27. The first-order valence-electron chi connectivity index (χ1n) is 6.77. The Labute approximate surface area is 114 Å². The Bertz CT molecular complexity index is 419. The lowest BCUT2D eigenvalue weighted by Gasteiger charge is -2.25. The van der Waals surface area contributed by atoms with Crippen LogP contribution in [0.1, 0.15) is 25.8 Å². The van der Waals surface area contributed by atoms with Gasteiger partial charge >= 0.3 is 0 Å². The smallest absolute Gasteiger partial charge is 0.170 e. The van der Waals surface area contributed by atoms with E-state index in [1.54, 1.807) is 12.3 Å². The zero-order chi connectivity index (χ0) is 13.8. The number of anilines is 1. The van der Waals surface area contributed by atoms with E-state index in [4.69, 9.17) is 4.74 Å². The van der Waals surface area contributed by atoms with Crippen LogP contribution in [0.25, 0.3) is 0 Å². The van der Waals surface area contributed by atoms with E-state index in [9.17, 15) is 4.39 Å². The molecule has 1 fully saturated rings. The van der Waals surface area contributed by atoms with E-state index >= 15 is 0 Å². The Balaban J connectivity index is 2.14. The number of nitrogens with zero attached hydrogens (tertiary/aromatic N) is 2. The van der Waals surface area contributed by atoms with E-state index in [0.29, 0.717) is 30.6 Å². The Morgan fingerprint density at radius 1 is 1.58 bits per heavy atom. The summed E-state index contributed by atoms with van der Waals surface area (Å²) in [5.74, 6) is 0.184. The predicted octanol–water partition coefficient (Wildman–Crippen LogP) is 1.94. The summed E-state index contributed by atoms with van der Waals surface area (Å²) in [6, 6.07) is 2.28. The Kier molecular flexibility index (Phi) is 4.71. The highest BCUT2D eigenvalue weighted by Gasteiger charge is 2.24. The lowest BCUT2D eigenvalue weighted by atomic mass is 10.2. The molecule has 0 aliphatic carbocycles. The molecule has 106 valence electrons. The maximum Gasteiger partial charge on any atom is 0.170 e. The number of hydrogen-bond donors (Lipinski definition) is 1. The molecular weight excluding hydrogens is 245 g/mol. The summed E-state index contributed by atoms with van der Waals surface area (Å²) in [6.07, 6.45) is 2.59. The fourth-order valence-corrected chi connectivity index (χ4v) is 2.17. The molecule has 1 N–H and O–H groups in total. The van der Waals surface area contributed by atoms with Gasteiger partial charge in [-0.2, -0.15) is 0 Å². The molecule has 2 rings (SSSR count). The number of nitrogens with one attached hydrogen (secondary N) is 1. The number of ether oxygens (including phenoxy) is 1. The van der Waals surface area contributed by atoms with Crippen LogP contribution in [0.15, 0.2) is 12.3 Å². The van der Waals surface area contributed by atoms with Crippen LogP contribution in [0.5, 0.6) is 0 Å². The van der Waals surface area contributed by atoms with E-state index in [1.165, 1.54) is 0 Å². The summed E-state index contributed by atoms with van der Waals surface area (Å²) in [6.45, 7) is 6.00. The van der Waals surface area contributed by atoms with Crippen molar-refractivity contribution < 1.29 is 9.13 Å². The molecule has 0 amide bonds. The summed E-state index contributed by atoms with van der Waals surface area (Å²) in [5.41, 5.74) is 0.657. The topological polar surface area (TPSA) is 37.4 Å². The first kappa shape index (κ1) is 14.2. The van der Waals surface area contributed by atoms with Crippen molar-refractivity contribution in [3.8, 4) is 0 Å². The highest BCUT2D eigenvalue weighted by molar-refractivity contribution is 5.43. The molecule has 0 bridgehead atoms. The molecule has 1 aromatic rings. The van der Waals surface area contributed by atoms with E-state index in [-0.39, 0.29) is 11.9 Å². The van der Waals surface area contributed by atoms with Gasteiger partial charge in [-0.15, -0.1) is 0 Å². The lowest BCUT2D eigenvalue weighted by Crippen LogP contribution is -2.33. The van der Waals surface area contributed by atoms with Gasteiger partial charge in [0.15, 0.2) is 11.6 Å². The van der Waals surface area contributed by atoms with Gasteiger partial charge in [0.05, 0.1) is 12.6 Å². The van der Waals surface area contributed by atoms with Gasteiger partial charge < -0.3 is 15.0 Å². The average Bonchev–Trinajstić information content (AvgIpc) is 2.90. The number of halogens is 1. The number of hydrogen-bond acceptors (Lipinski definition) is 4. The Hall–Kier alpha value is -1.20. The van der Waals surface area contributed by atoms with E-state index < -0.39 is 0 Å². The van der Waals surface area contributed by atoms with Gasteiger partial charge in [0, 0.05) is 38.0 Å². The molecule has 0 aromatic carbocycles. The second kappa shape index (κ2) is 6.30. The molecule has 19 heavy (non-hydrogen) atoms. The molecule has 0 saturated carbocycles. The standard InChI is InChI=1S/C14H22FN3O/c1-10(2)17-8-11-4-6-16-14(13(11)15)18(3)12-5-7-19-9-12/h4,6,10,12,17H,5,7-9H2,1-3H3. The van der Waals surface area contributed by atoms with Gasteiger partial charge in [-0.05, 0) is 12.5 Å². The number of pyridine rings is 1. The fraction of sp³-hybridized carbons (Fsp3) is 0.643. The van der Waals surface area contributed by atoms with E-state index in [2.05, 4.69) is 10.3 Å². The van der Waals surface area contributed by atoms with Crippen molar-refractivity contribution in [2.45, 2.75) is 38.9 Å². The van der Waals surface area contributed by atoms with Crippen LogP contribution in [0.2, 0.25) is 0 Å². The van der Waals surface area contributed by atoms with E-state index in [0.717, 1.165) is 13.0 Å². The highest BCUT2D eigenvalue weighted by Crippen LogP contribution is 2.23. The highest BCUT2D eigenvalue weighted by atomic mass is 19.1. The van der Waals surface area contributed by atoms with Gasteiger partial charge in [0.2, 0.25) is 0 Å². The Morgan fingerprint density at radius 2 is 2.37 bits per heavy atom. The molecule has 0 spiro atoms. The molecule has 2 heterocycles. The molecule has 1 atom stereocenters. The van der Waals surface area contributed by atoms with Crippen LogP contribution in [-0.2, 0) is 11.3 Å². The van der Waals surface area contributed by atoms with Crippen LogP contribution in [0.4, 0.5) is 10.2 Å². The first-order chi connectivity index (χ1) is 9.09. The number of likely N-dealkylation sites (N-methyl/N-ethyl adjacent to an activating group) is 1. The molecule has 5 heteroatoms. The minimum absolute atomic E-state index is 0.218. The van der Waals surface area contributed by atoms with Gasteiger partial charge in [-0.1, -0.05) is 13.8 Å². The maximum atomic E-state index is 14.4. The molecule has 1 aromatic heterocycles. The SMILES string of the molecule is CC(C)NCc1ccnc(N(C)C2CCOC2)c1F. The molecular formula is C14H22FN3O. The molecule has 1 aliphatic rings. The molecule has 0 radical (unpaired) electrons. The van der Waals surface area contributed by atoms with Gasteiger partial charge in [-0.3, -0.25) is 0 Å². The van der Waals surface area contributed by atoms with Crippen molar-refractivity contribution in [1.82, 2.24) is 10.3 Å². The second-order valence-corrected chi connectivity index (χ2v) is 5.27. The lowest BCUT2D eigenvalue weighted by molar-refractivity contribution is 0.193. The van der Waals surface area contributed by atoms with Crippen molar-refractivity contribution in [2.24, 2.45) is 0 Å². The third-order valence-corrected chi connectivity index (χ3v) is 3.44. The normalized spacial score (nSPS) is 19.1. The van der Waals surface area contributed by atoms with Crippen molar-refractivity contribution in [1.29, 1.82) is 0 Å². The quantitative estimate of drug-likeness (QED) is 0.884. The zero-order valence-electron chi connectivity index (χ0n) is 11.8. The van der Waals surface area contributed by atoms with Gasteiger partial charge in [-0.25, -0.2) is 9.37 Å². The Morgan fingerprint density at radius 3 is 3.00 bits per heavy atom. The number of rotatable bonds is 5. The molecule has 1 aliphatic heterocycles. The van der Waals surface area contributed by atoms with Gasteiger partial charge in [0.25, 0.3) is 0 Å². The van der Waals surface area contributed by atoms with Crippen molar-refractivity contribution >= 4 is 5.82 Å². The van der Waals surface area contributed by atoms with Crippen LogP contribution in [0.3, 0.4) is 0 Å². The van der Waals surface area contributed by atoms with Crippen LogP contribution < -0.4 is 10.2 Å². The minimum Gasteiger partial charge on any atom is -0.379 e. The third kappa shape index (κ3) is 3.42. The molecule has 1 unspecified atom stereocenters. The predicted molar refractivity (Wildman–Crippen MR) is 73.8 cm³/mol. The van der Waals surface area contributed by atoms with Crippen molar-refractivity contribution in [2.75, 3.05) is 25.2 Å². The summed E-state index contributed by atoms with van der Waals surface area (Å²) in [7, 11) is 1.88. The van der Waals surface area contributed by atoms with Crippen molar-refractivity contribution in [3.63, 3.8) is 0 Å². The summed E-state index contributed by atoms with van der Waals surface area (Å²) in [5, 5.41) is 3.23. The van der Waals surface area contributed by atoms with Crippen LogP contribution in [0, 0.1) is 5.82 Å². The fourth-order valence-electron chi connectivity index (χ4n) is 2.17. The molecule has 1 saturated heterocycles. The summed E-state index contributed by atoms with van der Waals surface area (Å²) < 4.78 is 19.8. The van der Waals surface area contributed by atoms with Crippen molar-refractivity contribution in [3.05, 3.63) is 23.6 Å². The van der Waals surface area contributed by atoms with Crippen LogP contribution >= 0.6 is 0 Å². The first-order valence-corrected chi connectivity index (χ1v) is 6.77. The average molecular weight is 267 g/mol. The zero-order valence-corrected chi connectivity index (χ0v) is 11.8. The molecule has 4 nitrogen and oxygen atoms in total. The summed E-state index contributed by atoms with van der Waals surface area (Å²) >= 11 is 0. The minimum atomic E-state index is -0.231. The van der Waals surface area contributed by atoms with E-state index in [1.807, 2.05) is 25.8 Å². The monoisotopic (exact) mass is 267 g/mol. The summed E-state index contributed by atoms with van der Waals surface area (Å²) in [4.78, 5) is 6.07. The van der Waals surface area contributed by atoms with Crippen LogP contribution in [-0.4, -0.2) is 37.3 Å².